The number of rotatable bonds is 4. The van der Waals surface area contributed by atoms with Crippen molar-refractivity contribution in [3.05, 3.63) is 71.9 Å². The average Bonchev–Trinajstić information content (AvgIpc) is 3.03. The van der Waals surface area contributed by atoms with Crippen molar-refractivity contribution < 1.29 is 22.8 Å². The SMILES string of the molecule is O=CNC(=O)C=Cc1ccc2c(ccn2-c2cccc(C(F)(F)F)c2)c1. The Morgan fingerprint density at radius 3 is 2.62 bits per heavy atom. The average molecular weight is 358 g/mol. The van der Waals surface area contributed by atoms with Gasteiger partial charge in [-0.2, -0.15) is 13.2 Å². The predicted octanol–water partition coefficient (Wildman–Crippen LogP) is 3.94. The number of aromatic nitrogens is 1. The summed E-state index contributed by atoms with van der Waals surface area (Å²) in [5, 5.41) is 2.80. The van der Waals surface area contributed by atoms with Crippen LogP contribution < -0.4 is 5.32 Å². The Kier molecular flexibility index (Phi) is 4.62. The standard InChI is InChI=1S/C19H13F3N2O2/c20-19(21,22)15-2-1-3-16(11-15)24-9-8-14-10-13(4-6-17(14)24)5-7-18(26)23-12-25/h1-12H,(H,23,25,26). The number of imide groups is 1. The van der Waals surface area contributed by atoms with Crippen LogP contribution >= 0.6 is 0 Å². The quantitative estimate of drug-likeness (QED) is 0.567. The van der Waals surface area contributed by atoms with Gasteiger partial charge < -0.3 is 4.57 Å². The van der Waals surface area contributed by atoms with Gasteiger partial charge in [-0.1, -0.05) is 12.1 Å². The van der Waals surface area contributed by atoms with Gasteiger partial charge in [-0.15, -0.1) is 0 Å². The zero-order valence-electron chi connectivity index (χ0n) is 13.3. The van der Waals surface area contributed by atoms with E-state index in [9.17, 15) is 22.8 Å². The molecule has 132 valence electrons. The van der Waals surface area contributed by atoms with Gasteiger partial charge in [-0.3, -0.25) is 14.9 Å². The second-order valence-electron chi connectivity index (χ2n) is 5.51. The van der Waals surface area contributed by atoms with Crippen molar-refractivity contribution in [2.45, 2.75) is 6.18 Å². The van der Waals surface area contributed by atoms with E-state index < -0.39 is 17.6 Å². The van der Waals surface area contributed by atoms with E-state index in [1.165, 1.54) is 12.1 Å². The molecule has 26 heavy (non-hydrogen) atoms. The topological polar surface area (TPSA) is 51.1 Å². The van der Waals surface area contributed by atoms with Crippen LogP contribution in [0.5, 0.6) is 0 Å². The van der Waals surface area contributed by atoms with Crippen molar-refractivity contribution in [1.82, 2.24) is 9.88 Å². The lowest BCUT2D eigenvalue weighted by atomic mass is 10.1. The molecule has 0 unspecified atom stereocenters. The summed E-state index contributed by atoms with van der Waals surface area (Å²) in [6, 6.07) is 12.2. The Hall–Kier alpha value is -3.35. The molecule has 2 aromatic carbocycles. The van der Waals surface area contributed by atoms with Gasteiger partial charge >= 0.3 is 6.18 Å². The van der Waals surface area contributed by atoms with Crippen LogP contribution in [0.25, 0.3) is 22.7 Å². The highest BCUT2D eigenvalue weighted by atomic mass is 19.4. The van der Waals surface area contributed by atoms with Gasteiger partial charge in [-0.25, -0.2) is 0 Å². The maximum atomic E-state index is 12.9. The highest BCUT2D eigenvalue weighted by Crippen LogP contribution is 2.31. The van der Waals surface area contributed by atoms with Crippen molar-refractivity contribution in [1.29, 1.82) is 0 Å². The molecule has 0 radical (unpaired) electrons. The van der Waals surface area contributed by atoms with E-state index in [-0.39, 0.29) is 0 Å². The minimum absolute atomic E-state index is 0.297. The molecule has 2 amide bonds. The minimum atomic E-state index is -4.40. The molecule has 3 aromatic rings. The van der Waals surface area contributed by atoms with Gasteiger partial charge in [0.05, 0.1) is 11.1 Å². The lowest BCUT2D eigenvalue weighted by Crippen LogP contribution is -2.17. The van der Waals surface area contributed by atoms with Gasteiger partial charge in [-0.05, 0) is 48.0 Å². The molecule has 0 bridgehead atoms. The molecular formula is C19H13F3N2O2. The third-order valence-corrected chi connectivity index (χ3v) is 3.79. The molecule has 1 N–H and O–H groups in total. The van der Waals surface area contributed by atoms with Crippen molar-refractivity contribution in [2.24, 2.45) is 0 Å². The van der Waals surface area contributed by atoms with E-state index in [0.717, 1.165) is 28.6 Å². The smallest absolute Gasteiger partial charge is 0.317 e. The zero-order valence-corrected chi connectivity index (χ0v) is 13.3. The molecule has 0 saturated carbocycles. The van der Waals surface area contributed by atoms with E-state index in [1.807, 2.05) is 5.32 Å². The Balaban J connectivity index is 1.95. The van der Waals surface area contributed by atoms with Crippen molar-refractivity contribution >= 4 is 29.3 Å². The van der Waals surface area contributed by atoms with Crippen LogP contribution in [0, 0.1) is 0 Å². The fourth-order valence-corrected chi connectivity index (χ4v) is 2.60. The number of nitrogens with one attached hydrogen (secondary N) is 1. The number of halogens is 3. The maximum Gasteiger partial charge on any atom is 0.416 e. The number of fused-ring (bicyclic) bond motifs is 1. The summed E-state index contributed by atoms with van der Waals surface area (Å²) in [5.74, 6) is -0.540. The van der Waals surface area contributed by atoms with Gasteiger partial charge in [0.1, 0.15) is 0 Å². The Morgan fingerprint density at radius 1 is 1.08 bits per heavy atom. The first kappa shape index (κ1) is 17.5. The van der Waals surface area contributed by atoms with E-state index >= 15 is 0 Å². The van der Waals surface area contributed by atoms with Gasteiger partial charge in [0.25, 0.3) is 0 Å². The molecular weight excluding hydrogens is 345 g/mol. The Morgan fingerprint density at radius 2 is 1.88 bits per heavy atom. The van der Waals surface area contributed by atoms with Crippen LogP contribution in [0.15, 0.2) is 60.8 Å². The first-order chi connectivity index (χ1) is 12.4. The van der Waals surface area contributed by atoms with E-state index in [4.69, 9.17) is 0 Å². The Labute approximate surface area is 146 Å². The number of carbonyl (C=O) groups excluding carboxylic acids is 2. The molecule has 0 aliphatic rings. The largest absolute Gasteiger partial charge is 0.416 e. The molecule has 4 nitrogen and oxygen atoms in total. The van der Waals surface area contributed by atoms with Gasteiger partial charge in [0.15, 0.2) is 0 Å². The molecule has 1 heterocycles. The highest BCUT2D eigenvalue weighted by molar-refractivity contribution is 5.97. The molecule has 0 saturated heterocycles. The van der Waals surface area contributed by atoms with Crippen LogP contribution in [-0.2, 0) is 15.8 Å². The fraction of sp³-hybridized carbons (Fsp3) is 0.0526. The number of amides is 2. The number of benzene rings is 2. The summed E-state index contributed by atoms with van der Waals surface area (Å²) < 4.78 is 40.4. The van der Waals surface area contributed by atoms with Crippen LogP contribution in [0.4, 0.5) is 13.2 Å². The first-order valence-electron chi connectivity index (χ1n) is 7.59. The number of alkyl halides is 3. The molecule has 0 fully saturated rings. The van der Waals surface area contributed by atoms with Crippen LogP contribution in [0.1, 0.15) is 11.1 Å². The number of hydrogen-bond acceptors (Lipinski definition) is 2. The molecule has 0 aliphatic carbocycles. The molecule has 0 aliphatic heterocycles. The van der Waals surface area contributed by atoms with E-state index in [1.54, 1.807) is 47.2 Å². The molecule has 3 rings (SSSR count). The molecule has 7 heteroatoms. The lowest BCUT2D eigenvalue weighted by Gasteiger charge is -2.10. The normalized spacial score (nSPS) is 11.8. The summed E-state index contributed by atoms with van der Waals surface area (Å²) in [6.07, 6.45) is 0.343. The van der Waals surface area contributed by atoms with Gasteiger partial charge in [0, 0.05) is 23.3 Å². The number of nitrogens with zero attached hydrogens (tertiary/aromatic N) is 1. The second-order valence-corrected chi connectivity index (χ2v) is 5.51. The van der Waals surface area contributed by atoms with Crippen molar-refractivity contribution in [3.8, 4) is 5.69 Å². The number of carbonyl (C=O) groups is 2. The third kappa shape index (κ3) is 3.66. The summed E-state index contributed by atoms with van der Waals surface area (Å²) in [5.41, 5.74) is 1.15. The summed E-state index contributed by atoms with van der Waals surface area (Å²) >= 11 is 0. The number of hydrogen-bond donors (Lipinski definition) is 1. The first-order valence-corrected chi connectivity index (χ1v) is 7.59. The fourth-order valence-electron chi connectivity index (χ4n) is 2.60. The maximum absolute atomic E-state index is 12.9. The summed E-state index contributed by atoms with van der Waals surface area (Å²) in [4.78, 5) is 21.4. The summed E-state index contributed by atoms with van der Waals surface area (Å²) in [6.45, 7) is 0. The third-order valence-electron chi connectivity index (χ3n) is 3.79. The second kappa shape index (κ2) is 6.87. The molecule has 0 spiro atoms. The van der Waals surface area contributed by atoms with Crippen molar-refractivity contribution in [2.75, 3.05) is 0 Å². The zero-order chi connectivity index (χ0) is 18.7. The lowest BCUT2D eigenvalue weighted by molar-refractivity contribution is -0.137. The van der Waals surface area contributed by atoms with Crippen LogP contribution in [-0.4, -0.2) is 16.9 Å². The predicted molar refractivity (Wildman–Crippen MR) is 91.5 cm³/mol. The van der Waals surface area contributed by atoms with E-state index in [2.05, 4.69) is 0 Å². The highest BCUT2D eigenvalue weighted by Gasteiger charge is 2.30. The van der Waals surface area contributed by atoms with Crippen LogP contribution in [0.3, 0.4) is 0 Å². The Bertz CT molecular complexity index is 1000. The van der Waals surface area contributed by atoms with Gasteiger partial charge in [0.2, 0.25) is 12.3 Å². The summed E-state index contributed by atoms with van der Waals surface area (Å²) in [7, 11) is 0. The van der Waals surface area contributed by atoms with Crippen LogP contribution in [0.2, 0.25) is 0 Å². The molecule has 0 atom stereocenters. The monoisotopic (exact) mass is 358 g/mol. The minimum Gasteiger partial charge on any atom is -0.317 e. The molecule has 1 aromatic heterocycles. The van der Waals surface area contributed by atoms with E-state index in [0.29, 0.717) is 12.1 Å². The van der Waals surface area contributed by atoms with Crippen molar-refractivity contribution in [3.63, 3.8) is 0 Å².